The van der Waals surface area contributed by atoms with Crippen molar-refractivity contribution in [3.05, 3.63) is 83.7 Å². The Morgan fingerprint density at radius 3 is 2.19 bits per heavy atom. The van der Waals surface area contributed by atoms with Crippen molar-refractivity contribution >= 4 is 23.7 Å². The quantitative estimate of drug-likeness (QED) is 0.299. The van der Waals surface area contributed by atoms with E-state index in [4.69, 9.17) is 23.9 Å². The number of benzene rings is 2. The molecule has 11 heteroatoms. The molecule has 228 valence electrons. The second-order valence-electron chi connectivity index (χ2n) is 13.0. The smallest absolute Gasteiger partial charge is 0.308 e. The highest BCUT2D eigenvalue weighted by Crippen LogP contribution is 2.49. The van der Waals surface area contributed by atoms with Crippen LogP contribution in [-0.2, 0) is 42.4 Å². The molecule has 5 rings (SSSR count). The maximum absolute atomic E-state index is 13.9. The predicted molar refractivity (Wildman–Crippen MR) is 164 cm³/mol. The molecule has 0 saturated carbocycles. The summed E-state index contributed by atoms with van der Waals surface area (Å²) in [4.78, 5) is 4.79. The largest absolute Gasteiger partial charge is 0.374 e. The summed E-state index contributed by atoms with van der Waals surface area (Å²) in [6.07, 6.45) is -0.0619. The first kappa shape index (κ1) is 31.1. The minimum Gasteiger partial charge on any atom is -0.374 e. The van der Waals surface area contributed by atoms with Crippen LogP contribution in [-0.4, -0.2) is 74.9 Å². The van der Waals surface area contributed by atoms with Gasteiger partial charge in [0.05, 0.1) is 38.3 Å². The van der Waals surface area contributed by atoms with Gasteiger partial charge in [-0.15, -0.1) is 0 Å². The van der Waals surface area contributed by atoms with Crippen LogP contribution in [0.1, 0.15) is 43.7 Å². The Labute approximate surface area is 251 Å². The molecule has 42 heavy (non-hydrogen) atoms. The highest BCUT2D eigenvalue weighted by molar-refractivity contribution is 7.87. The molecule has 3 aromatic rings. The number of aromatic nitrogens is 2. The molecule has 0 N–H and O–H groups in total. The topological polar surface area (TPSA) is 92.1 Å². The molecule has 2 bridgehead atoms. The molecule has 0 spiro atoms. The third-order valence-corrected chi connectivity index (χ3v) is 16.0. The first-order valence-corrected chi connectivity index (χ1v) is 18.8. The summed E-state index contributed by atoms with van der Waals surface area (Å²) in [6, 6.07) is 19.9. The zero-order valence-electron chi connectivity index (χ0n) is 25.6. The van der Waals surface area contributed by atoms with Crippen LogP contribution in [0.4, 0.5) is 0 Å². The molecule has 2 aliphatic rings. The summed E-state index contributed by atoms with van der Waals surface area (Å²) >= 11 is 0. The standard InChI is InChI=1S/C31H43N3O6SSi/c1-30(2,3)42(6,7)29-32-18-25(34(29)41(35,36)33(4)5)26-27-28(38-20-24-16-12-9-13-17-24)31(40-26,22-39-27)21-37-19-23-14-10-8-11-15-23/h8-18,26-28H,19-22H2,1-7H3/t26-,27+,28+,31+/m1/s1. The zero-order chi connectivity index (χ0) is 30.3. The van der Waals surface area contributed by atoms with E-state index < -0.39 is 42.2 Å². The monoisotopic (exact) mass is 613 g/mol. The maximum Gasteiger partial charge on any atom is 0.308 e. The molecule has 2 saturated heterocycles. The Hall–Kier alpha value is -2.38. The Morgan fingerprint density at radius 2 is 1.62 bits per heavy atom. The number of hydrogen-bond acceptors (Lipinski definition) is 7. The fourth-order valence-electron chi connectivity index (χ4n) is 5.38. The van der Waals surface area contributed by atoms with E-state index in [1.54, 1.807) is 6.20 Å². The fraction of sp³-hybridized carbons (Fsp3) is 0.516. The van der Waals surface area contributed by atoms with Crippen LogP contribution in [0.25, 0.3) is 0 Å². The SMILES string of the molecule is CN(C)S(=O)(=O)n1c([C@H]2O[C@@]3(COCc4ccccc4)CO[C@@H]2[C@@H]3OCc2ccccc2)cnc1[Si](C)(C)C(C)(C)C. The third-order valence-electron chi connectivity index (χ3n) is 8.89. The Kier molecular flexibility index (Phi) is 8.58. The van der Waals surface area contributed by atoms with Crippen molar-refractivity contribution in [2.75, 3.05) is 27.3 Å². The molecule has 2 aliphatic heterocycles. The van der Waals surface area contributed by atoms with Gasteiger partial charge in [-0.3, -0.25) is 0 Å². The molecule has 2 fully saturated rings. The number of fused-ring (bicyclic) bond motifs is 2. The summed E-state index contributed by atoms with van der Waals surface area (Å²) in [7, 11) is -3.24. The molecule has 0 radical (unpaired) electrons. The van der Waals surface area contributed by atoms with E-state index in [0.29, 0.717) is 24.4 Å². The van der Waals surface area contributed by atoms with Crippen molar-refractivity contribution < 1.29 is 27.4 Å². The molecular weight excluding hydrogens is 571 g/mol. The summed E-state index contributed by atoms with van der Waals surface area (Å²) in [5.74, 6) is 0. The molecule has 3 heterocycles. The summed E-state index contributed by atoms with van der Waals surface area (Å²) in [5.41, 5.74) is 2.20. The third kappa shape index (κ3) is 5.63. The minimum atomic E-state index is -3.92. The van der Waals surface area contributed by atoms with Gasteiger partial charge in [0.1, 0.15) is 37.4 Å². The zero-order valence-corrected chi connectivity index (χ0v) is 27.4. The van der Waals surface area contributed by atoms with Gasteiger partial charge < -0.3 is 18.9 Å². The second kappa shape index (κ2) is 11.6. The van der Waals surface area contributed by atoms with Crippen LogP contribution in [0.5, 0.6) is 0 Å². The van der Waals surface area contributed by atoms with Crippen LogP contribution in [0, 0.1) is 0 Å². The van der Waals surface area contributed by atoms with Gasteiger partial charge >= 0.3 is 10.2 Å². The predicted octanol–water partition coefficient (Wildman–Crippen LogP) is 4.26. The number of imidazole rings is 1. The number of nitrogens with zero attached hydrogens (tertiary/aromatic N) is 3. The lowest BCUT2D eigenvalue weighted by Gasteiger charge is -2.37. The number of hydrogen-bond donors (Lipinski definition) is 0. The van der Waals surface area contributed by atoms with Crippen molar-refractivity contribution in [1.82, 2.24) is 13.3 Å². The molecule has 0 aliphatic carbocycles. The molecule has 1 aromatic heterocycles. The van der Waals surface area contributed by atoms with Gasteiger partial charge in [-0.25, -0.2) is 8.96 Å². The lowest BCUT2D eigenvalue weighted by atomic mass is 9.98. The minimum absolute atomic E-state index is 0.144. The van der Waals surface area contributed by atoms with Gasteiger partial charge in [0.2, 0.25) is 0 Å². The van der Waals surface area contributed by atoms with Crippen molar-refractivity contribution in [1.29, 1.82) is 0 Å². The van der Waals surface area contributed by atoms with Gasteiger partial charge in [0.15, 0.2) is 0 Å². The molecule has 0 amide bonds. The van der Waals surface area contributed by atoms with E-state index in [1.807, 2.05) is 60.7 Å². The lowest BCUT2D eigenvalue weighted by molar-refractivity contribution is -0.177. The van der Waals surface area contributed by atoms with E-state index >= 15 is 0 Å². The molecule has 4 atom stereocenters. The first-order valence-electron chi connectivity index (χ1n) is 14.4. The molecule has 0 unspecified atom stereocenters. The number of rotatable bonds is 11. The van der Waals surface area contributed by atoms with Crippen molar-refractivity contribution in [2.45, 2.75) is 76.0 Å². The summed E-state index contributed by atoms with van der Waals surface area (Å²) in [6.45, 7) is 12.0. The Morgan fingerprint density at radius 1 is 1.02 bits per heavy atom. The first-order chi connectivity index (χ1) is 19.8. The van der Waals surface area contributed by atoms with E-state index in [0.717, 1.165) is 11.1 Å². The van der Waals surface area contributed by atoms with Crippen molar-refractivity contribution in [2.24, 2.45) is 0 Å². The van der Waals surface area contributed by atoms with Gasteiger partial charge in [0, 0.05) is 14.1 Å². The normalized spacial score (nSPS) is 24.5. The lowest BCUT2D eigenvalue weighted by Crippen LogP contribution is -2.56. The summed E-state index contributed by atoms with van der Waals surface area (Å²) < 4.78 is 56.3. The highest BCUT2D eigenvalue weighted by atomic mass is 32.2. The number of ether oxygens (including phenoxy) is 4. The van der Waals surface area contributed by atoms with Crippen LogP contribution in [0.3, 0.4) is 0 Å². The van der Waals surface area contributed by atoms with Crippen LogP contribution in [0.15, 0.2) is 66.9 Å². The Bertz CT molecular complexity index is 1470. The van der Waals surface area contributed by atoms with E-state index in [9.17, 15) is 8.42 Å². The molecule has 9 nitrogen and oxygen atoms in total. The van der Waals surface area contributed by atoms with Crippen molar-refractivity contribution in [3.8, 4) is 0 Å². The van der Waals surface area contributed by atoms with Crippen molar-refractivity contribution in [3.63, 3.8) is 0 Å². The van der Waals surface area contributed by atoms with E-state index in [2.05, 4.69) is 33.9 Å². The average Bonchev–Trinajstić information content (AvgIpc) is 3.63. The molecule has 2 aromatic carbocycles. The van der Waals surface area contributed by atoms with E-state index in [1.165, 1.54) is 22.4 Å². The Balaban J connectivity index is 1.52. The average molecular weight is 614 g/mol. The highest BCUT2D eigenvalue weighted by Gasteiger charge is 2.64. The van der Waals surface area contributed by atoms with E-state index in [-0.39, 0.29) is 18.3 Å². The van der Waals surface area contributed by atoms with Gasteiger partial charge in [-0.05, 0) is 16.2 Å². The summed E-state index contributed by atoms with van der Waals surface area (Å²) in [5, 5.41) is -0.144. The van der Waals surface area contributed by atoms with Gasteiger partial charge in [0.25, 0.3) is 0 Å². The van der Waals surface area contributed by atoms with Gasteiger partial charge in [-0.2, -0.15) is 12.7 Å². The van der Waals surface area contributed by atoms with Crippen LogP contribution < -0.4 is 5.45 Å². The maximum atomic E-state index is 13.9. The van der Waals surface area contributed by atoms with Crippen LogP contribution >= 0.6 is 0 Å². The molecular formula is C31H43N3O6SSi. The second-order valence-corrected chi connectivity index (χ2v) is 20.2. The van der Waals surface area contributed by atoms with Crippen LogP contribution in [0.2, 0.25) is 18.1 Å². The van der Waals surface area contributed by atoms with Gasteiger partial charge in [-0.1, -0.05) is 94.5 Å². The fourth-order valence-corrected chi connectivity index (χ4v) is 9.12.